The highest BCUT2D eigenvalue weighted by atomic mass is 32.2. The van der Waals surface area contributed by atoms with E-state index in [0.29, 0.717) is 35.6 Å². The molecule has 3 rings (SSSR count). The molecule has 0 saturated heterocycles. The predicted octanol–water partition coefficient (Wildman–Crippen LogP) is 4.02. The molecule has 7 nitrogen and oxygen atoms in total. The maximum Gasteiger partial charge on any atom is 0.244 e. The minimum atomic E-state index is -3.50. The second kappa shape index (κ2) is 9.51. The summed E-state index contributed by atoms with van der Waals surface area (Å²) >= 11 is 1.41. The molecule has 0 saturated carbocycles. The van der Waals surface area contributed by atoms with E-state index in [0.717, 1.165) is 12.0 Å². The molecule has 0 radical (unpaired) electrons. The number of pyridine rings is 1. The highest BCUT2D eigenvalue weighted by Gasteiger charge is 2.21. The fourth-order valence-corrected chi connectivity index (χ4v) is 4.86. The summed E-state index contributed by atoms with van der Waals surface area (Å²) < 4.78 is 31.7. The summed E-state index contributed by atoms with van der Waals surface area (Å²) in [7, 11) is -3.50. The molecule has 0 spiro atoms. The lowest BCUT2D eigenvalue weighted by atomic mass is 10.1. The minimum Gasteiger partial charge on any atom is -0.338 e. The molecule has 2 heterocycles. The van der Waals surface area contributed by atoms with Crippen molar-refractivity contribution in [2.45, 2.75) is 42.9 Å². The van der Waals surface area contributed by atoms with E-state index in [4.69, 9.17) is 4.52 Å². The van der Waals surface area contributed by atoms with Crippen LogP contribution in [0.4, 0.5) is 0 Å². The van der Waals surface area contributed by atoms with Crippen molar-refractivity contribution < 1.29 is 12.9 Å². The van der Waals surface area contributed by atoms with Gasteiger partial charge >= 0.3 is 0 Å². The van der Waals surface area contributed by atoms with Gasteiger partial charge in [0.15, 0.2) is 0 Å². The van der Waals surface area contributed by atoms with Gasteiger partial charge in [0.1, 0.15) is 4.90 Å². The number of hydrogen-bond acceptors (Lipinski definition) is 7. The fourth-order valence-electron chi connectivity index (χ4n) is 2.77. The molecule has 0 atom stereocenters. The minimum absolute atomic E-state index is 0.196. The number of benzene rings is 1. The largest absolute Gasteiger partial charge is 0.338 e. The van der Waals surface area contributed by atoms with Crippen molar-refractivity contribution in [1.29, 1.82) is 0 Å². The van der Waals surface area contributed by atoms with Gasteiger partial charge in [0.25, 0.3) is 0 Å². The van der Waals surface area contributed by atoms with Crippen LogP contribution in [0.25, 0.3) is 11.4 Å². The monoisotopic (exact) mass is 432 g/mol. The Bertz CT molecular complexity index is 1030. The first-order chi connectivity index (χ1) is 14.0. The number of nitrogens with zero attached hydrogens (tertiary/aromatic N) is 4. The number of rotatable bonds is 9. The average Bonchev–Trinajstić information content (AvgIpc) is 3.22. The Hall–Kier alpha value is -2.23. The molecule has 0 amide bonds. The standard InChI is InChI=1S/C20H24N4O3S2/c1-4-15-7-9-16(10-8-15)20-22-18(27-23-20)14-28-19-12-11-17(13-21-19)29(25,26)24(5-2)6-3/h7-13H,4-6,14H2,1-3H3. The summed E-state index contributed by atoms with van der Waals surface area (Å²) in [6.07, 6.45) is 2.38. The van der Waals surface area contributed by atoms with Crippen molar-refractivity contribution in [3.63, 3.8) is 0 Å². The van der Waals surface area contributed by atoms with E-state index >= 15 is 0 Å². The molecule has 0 aliphatic carbocycles. The molecule has 0 aliphatic rings. The zero-order valence-corrected chi connectivity index (χ0v) is 18.3. The van der Waals surface area contributed by atoms with Gasteiger partial charge in [-0.05, 0) is 24.1 Å². The van der Waals surface area contributed by atoms with Gasteiger partial charge in [0.05, 0.1) is 10.8 Å². The van der Waals surface area contributed by atoms with Crippen LogP contribution in [0.5, 0.6) is 0 Å². The smallest absolute Gasteiger partial charge is 0.244 e. The van der Waals surface area contributed by atoms with E-state index in [2.05, 4.69) is 34.2 Å². The van der Waals surface area contributed by atoms with E-state index in [-0.39, 0.29) is 4.90 Å². The van der Waals surface area contributed by atoms with Crippen molar-refractivity contribution in [2.24, 2.45) is 0 Å². The quantitative estimate of drug-likeness (QED) is 0.472. The van der Waals surface area contributed by atoms with Gasteiger partial charge in [-0.2, -0.15) is 9.29 Å². The Labute approximate surface area is 175 Å². The second-order valence-electron chi connectivity index (χ2n) is 6.27. The molecule has 3 aromatic rings. The number of sulfonamides is 1. The SMILES string of the molecule is CCc1ccc(-c2noc(CSc3ccc(S(=O)(=O)N(CC)CC)cn3)n2)cc1. The molecule has 0 fully saturated rings. The molecule has 0 aliphatic heterocycles. The van der Waals surface area contributed by atoms with Crippen LogP contribution in [0.2, 0.25) is 0 Å². The van der Waals surface area contributed by atoms with Gasteiger partial charge in [-0.3, -0.25) is 0 Å². The maximum atomic E-state index is 12.5. The van der Waals surface area contributed by atoms with E-state index in [1.165, 1.54) is 27.8 Å². The number of aromatic nitrogens is 3. The number of aryl methyl sites for hydroxylation is 1. The molecule has 1 aromatic carbocycles. The van der Waals surface area contributed by atoms with Crippen LogP contribution in [0.15, 0.2) is 57.0 Å². The molecular weight excluding hydrogens is 408 g/mol. The van der Waals surface area contributed by atoms with Crippen molar-refractivity contribution in [2.75, 3.05) is 13.1 Å². The van der Waals surface area contributed by atoms with Crippen LogP contribution in [0, 0.1) is 0 Å². The van der Waals surface area contributed by atoms with Crippen LogP contribution < -0.4 is 0 Å². The van der Waals surface area contributed by atoms with Crippen LogP contribution in [-0.4, -0.2) is 40.9 Å². The van der Waals surface area contributed by atoms with E-state index < -0.39 is 10.0 Å². The Balaban J connectivity index is 1.64. The molecule has 9 heteroatoms. The van der Waals surface area contributed by atoms with Crippen LogP contribution >= 0.6 is 11.8 Å². The zero-order valence-electron chi connectivity index (χ0n) is 16.7. The first kappa shape index (κ1) is 21.5. The summed E-state index contributed by atoms with van der Waals surface area (Å²) in [5.41, 5.74) is 2.16. The second-order valence-corrected chi connectivity index (χ2v) is 9.21. The number of hydrogen-bond donors (Lipinski definition) is 0. The van der Waals surface area contributed by atoms with Crippen LogP contribution in [0.1, 0.15) is 32.2 Å². The molecule has 0 unspecified atom stereocenters. The van der Waals surface area contributed by atoms with Gasteiger partial charge < -0.3 is 4.52 Å². The Morgan fingerprint density at radius 3 is 2.34 bits per heavy atom. The first-order valence-electron chi connectivity index (χ1n) is 9.48. The van der Waals surface area contributed by atoms with E-state index in [1.807, 2.05) is 26.0 Å². The first-order valence-corrected chi connectivity index (χ1v) is 11.9. The van der Waals surface area contributed by atoms with Crippen molar-refractivity contribution >= 4 is 21.8 Å². The highest BCUT2D eigenvalue weighted by molar-refractivity contribution is 7.98. The lowest BCUT2D eigenvalue weighted by Gasteiger charge is -2.18. The van der Waals surface area contributed by atoms with Gasteiger partial charge in [-0.25, -0.2) is 13.4 Å². The summed E-state index contributed by atoms with van der Waals surface area (Å²) in [5.74, 6) is 1.50. The molecular formula is C20H24N4O3S2. The molecule has 0 N–H and O–H groups in total. The summed E-state index contributed by atoms with van der Waals surface area (Å²) in [6, 6.07) is 11.4. The Kier molecular flexibility index (Phi) is 7.05. The fraction of sp³-hybridized carbons (Fsp3) is 0.350. The third-order valence-electron chi connectivity index (χ3n) is 4.48. The summed E-state index contributed by atoms with van der Waals surface area (Å²) in [4.78, 5) is 8.88. The maximum absolute atomic E-state index is 12.5. The lowest BCUT2D eigenvalue weighted by Crippen LogP contribution is -2.30. The van der Waals surface area contributed by atoms with Gasteiger partial charge in [0, 0.05) is 24.8 Å². The number of thioether (sulfide) groups is 1. The zero-order chi connectivity index (χ0) is 20.9. The van der Waals surface area contributed by atoms with Crippen LogP contribution in [-0.2, 0) is 22.2 Å². The van der Waals surface area contributed by atoms with Crippen LogP contribution in [0.3, 0.4) is 0 Å². The lowest BCUT2D eigenvalue weighted by molar-refractivity contribution is 0.391. The Morgan fingerprint density at radius 2 is 1.76 bits per heavy atom. The molecule has 29 heavy (non-hydrogen) atoms. The Morgan fingerprint density at radius 1 is 1.03 bits per heavy atom. The van der Waals surface area contributed by atoms with Gasteiger partial charge in [-0.15, -0.1) is 0 Å². The summed E-state index contributed by atoms with van der Waals surface area (Å²) in [6.45, 7) is 6.59. The van der Waals surface area contributed by atoms with Crippen molar-refractivity contribution in [1.82, 2.24) is 19.4 Å². The van der Waals surface area contributed by atoms with Crippen molar-refractivity contribution in [3.8, 4) is 11.4 Å². The topological polar surface area (TPSA) is 89.2 Å². The van der Waals surface area contributed by atoms with E-state index in [1.54, 1.807) is 12.1 Å². The molecule has 2 aromatic heterocycles. The average molecular weight is 433 g/mol. The van der Waals surface area contributed by atoms with Crippen molar-refractivity contribution in [3.05, 3.63) is 54.0 Å². The normalized spacial score (nSPS) is 11.9. The highest BCUT2D eigenvalue weighted by Crippen LogP contribution is 2.24. The third kappa shape index (κ3) is 5.04. The molecule has 154 valence electrons. The molecule has 0 bridgehead atoms. The third-order valence-corrected chi connectivity index (χ3v) is 7.45. The van der Waals surface area contributed by atoms with E-state index in [9.17, 15) is 8.42 Å². The predicted molar refractivity (Wildman–Crippen MR) is 113 cm³/mol. The van der Waals surface area contributed by atoms with Gasteiger partial charge in [0.2, 0.25) is 21.7 Å². The summed E-state index contributed by atoms with van der Waals surface area (Å²) in [5, 5.41) is 4.72. The van der Waals surface area contributed by atoms with Gasteiger partial charge in [-0.1, -0.05) is 62.0 Å².